The molecular weight excluding hydrogens is 184 g/mol. The van der Waals surface area contributed by atoms with Crippen molar-refractivity contribution in [3.05, 3.63) is 12.2 Å². The highest BCUT2D eigenvalue weighted by Gasteiger charge is 2.54. The van der Waals surface area contributed by atoms with Crippen molar-refractivity contribution in [2.45, 2.75) is 42.9 Å². The summed E-state index contributed by atoms with van der Waals surface area (Å²) < 4.78 is 0. The van der Waals surface area contributed by atoms with Gasteiger partial charge in [-0.1, -0.05) is 31.8 Å². The monoisotopic (exact) mass is 200 g/mol. The molecule has 0 radical (unpaired) electrons. The van der Waals surface area contributed by atoms with Crippen LogP contribution in [0.25, 0.3) is 0 Å². The van der Waals surface area contributed by atoms with Gasteiger partial charge >= 0.3 is 0 Å². The molecular formula is C10H17ClSi. The summed E-state index contributed by atoms with van der Waals surface area (Å²) in [5.41, 5.74) is 0. The molecule has 0 nitrogen and oxygen atoms in total. The van der Waals surface area contributed by atoms with Gasteiger partial charge in [-0.25, -0.2) is 0 Å². The Morgan fingerprint density at radius 1 is 1.42 bits per heavy atom. The molecule has 0 aromatic carbocycles. The highest BCUT2D eigenvalue weighted by molar-refractivity contribution is 6.80. The molecule has 0 amide bonds. The molecule has 0 spiro atoms. The molecule has 2 aliphatic carbocycles. The fraction of sp³-hybridized carbons (Fsp3) is 0.800. The standard InChI is InChI=1S/C10H17ClSi/c1-12(2,3)10-5-4-8(7-10)6-9(10)11/h4-5,8-9H,6-7H2,1-3H3/t8-,9-,10+/m1/s1. The van der Waals surface area contributed by atoms with Crippen LogP contribution in [0.2, 0.25) is 24.7 Å². The van der Waals surface area contributed by atoms with Crippen LogP contribution < -0.4 is 0 Å². The summed E-state index contributed by atoms with van der Waals surface area (Å²) in [5, 5.41) is 0.860. The van der Waals surface area contributed by atoms with E-state index >= 15 is 0 Å². The number of halogens is 1. The second-order valence-electron chi connectivity index (χ2n) is 5.32. The lowest BCUT2D eigenvalue weighted by Gasteiger charge is -2.39. The minimum absolute atomic E-state index is 0.430. The van der Waals surface area contributed by atoms with E-state index in [1.54, 1.807) is 0 Å². The van der Waals surface area contributed by atoms with Crippen LogP contribution in [-0.4, -0.2) is 13.5 Å². The van der Waals surface area contributed by atoms with Crippen LogP contribution in [0.15, 0.2) is 12.2 Å². The largest absolute Gasteiger partial charge is 0.122 e. The minimum atomic E-state index is -1.11. The Kier molecular flexibility index (Phi) is 1.76. The zero-order valence-corrected chi connectivity index (χ0v) is 9.86. The Balaban J connectivity index is 2.37. The Bertz CT molecular complexity index is 228. The zero-order chi connectivity index (χ0) is 8.98. The van der Waals surface area contributed by atoms with Crippen LogP contribution in [0, 0.1) is 5.92 Å². The van der Waals surface area contributed by atoms with Gasteiger partial charge < -0.3 is 0 Å². The van der Waals surface area contributed by atoms with Crippen LogP contribution in [0.1, 0.15) is 12.8 Å². The molecule has 2 rings (SSSR count). The van der Waals surface area contributed by atoms with E-state index < -0.39 is 8.07 Å². The van der Waals surface area contributed by atoms with E-state index in [-0.39, 0.29) is 0 Å². The average molecular weight is 201 g/mol. The van der Waals surface area contributed by atoms with E-state index in [0.717, 1.165) is 5.92 Å². The molecule has 3 atom stereocenters. The SMILES string of the molecule is C[Si](C)(C)[C@]12C=C[C@H](C[C@H]1Cl)C2. The van der Waals surface area contributed by atoms with Crippen molar-refractivity contribution in [2.24, 2.45) is 5.92 Å². The third-order valence-corrected chi connectivity index (χ3v) is 7.99. The molecule has 0 heterocycles. The molecule has 1 saturated carbocycles. The molecule has 68 valence electrons. The van der Waals surface area contributed by atoms with Crippen LogP contribution in [0.3, 0.4) is 0 Å². The van der Waals surface area contributed by atoms with E-state index in [4.69, 9.17) is 11.6 Å². The maximum atomic E-state index is 6.43. The number of alkyl halides is 1. The fourth-order valence-electron chi connectivity index (χ4n) is 2.77. The van der Waals surface area contributed by atoms with Crippen molar-refractivity contribution in [1.82, 2.24) is 0 Å². The van der Waals surface area contributed by atoms with E-state index in [0.29, 0.717) is 10.4 Å². The van der Waals surface area contributed by atoms with E-state index in [9.17, 15) is 0 Å². The second-order valence-corrected chi connectivity index (χ2v) is 11.3. The molecule has 0 aromatic heterocycles. The predicted octanol–water partition coefficient (Wildman–Crippen LogP) is 3.65. The lowest BCUT2D eigenvalue weighted by molar-refractivity contribution is 0.687. The van der Waals surface area contributed by atoms with Gasteiger partial charge in [0.15, 0.2) is 0 Å². The number of fused-ring (bicyclic) bond motifs is 2. The minimum Gasteiger partial charge on any atom is -0.122 e. The molecule has 0 aromatic rings. The number of hydrogen-bond donors (Lipinski definition) is 0. The zero-order valence-electron chi connectivity index (χ0n) is 8.10. The second kappa shape index (κ2) is 2.39. The van der Waals surface area contributed by atoms with Gasteiger partial charge in [0.25, 0.3) is 0 Å². The molecule has 0 unspecified atom stereocenters. The third-order valence-electron chi connectivity index (χ3n) is 3.73. The summed E-state index contributed by atoms with van der Waals surface area (Å²) in [6, 6.07) is 0. The van der Waals surface area contributed by atoms with Crippen molar-refractivity contribution in [1.29, 1.82) is 0 Å². The van der Waals surface area contributed by atoms with Crippen LogP contribution in [-0.2, 0) is 0 Å². The Morgan fingerprint density at radius 3 is 2.33 bits per heavy atom. The molecule has 0 saturated heterocycles. The Morgan fingerprint density at radius 2 is 2.08 bits per heavy atom. The highest BCUT2D eigenvalue weighted by Crippen LogP contribution is 2.62. The van der Waals surface area contributed by atoms with Gasteiger partial charge in [0.2, 0.25) is 0 Å². The summed E-state index contributed by atoms with van der Waals surface area (Å²) in [6.45, 7) is 7.33. The smallest absolute Gasteiger partial charge is 0.0568 e. The number of hydrogen-bond acceptors (Lipinski definition) is 0. The summed E-state index contributed by atoms with van der Waals surface area (Å²) in [6.07, 6.45) is 7.40. The predicted molar refractivity (Wildman–Crippen MR) is 57.5 cm³/mol. The van der Waals surface area contributed by atoms with Gasteiger partial charge in [-0.05, 0) is 23.8 Å². The normalized spacial score (nSPS) is 45.7. The molecule has 2 aliphatic rings. The fourth-order valence-corrected chi connectivity index (χ4v) is 6.68. The van der Waals surface area contributed by atoms with E-state index in [2.05, 4.69) is 31.8 Å². The Labute approximate surface area is 81.0 Å². The number of rotatable bonds is 1. The Hall–Kier alpha value is 0.247. The number of allylic oxidation sites excluding steroid dienone is 2. The maximum Gasteiger partial charge on any atom is 0.0568 e. The van der Waals surface area contributed by atoms with Crippen molar-refractivity contribution in [3.8, 4) is 0 Å². The van der Waals surface area contributed by atoms with Gasteiger partial charge in [0.05, 0.1) is 8.07 Å². The first-order valence-corrected chi connectivity index (χ1v) is 8.73. The first kappa shape index (κ1) is 8.83. The van der Waals surface area contributed by atoms with Crippen LogP contribution >= 0.6 is 11.6 Å². The molecule has 1 fully saturated rings. The summed E-state index contributed by atoms with van der Waals surface area (Å²) in [4.78, 5) is 0. The van der Waals surface area contributed by atoms with Crippen molar-refractivity contribution in [3.63, 3.8) is 0 Å². The topological polar surface area (TPSA) is 0 Å². The van der Waals surface area contributed by atoms with E-state index in [1.165, 1.54) is 12.8 Å². The van der Waals surface area contributed by atoms with Gasteiger partial charge in [-0.2, -0.15) is 0 Å². The highest BCUT2D eigenvalue weighted by atomic mass is 35.5. The van der Waals surface area contributed by atoms with Gasteiger partial charge in [-0.15, -0.1) is 11.6 Å². The maximum absolute atomic E-state index is 6.43. The first-order valence-electron chi connectivity index (χ1n) is 4.79. The van der Waals surface area contributed by atoms with Crippen molar-refractivity contribution in [2.75, 3.05) is 0 Å². The molecule has 2 bridgehead atoms. The third kappa shape index (κ3) is 0.958. The molecule has 12 heavy (non-hydrogen) atoms. The summed E-state index contributed by atoms with van der Waals surface area (Å²) in [5.74, 6) is 0.805. The average Bonchev–Trinajstić information content (AvgIpc) is 2.41. The van der Waals surface area contributed by atoms with Gasteiger partial charge in [0, 0.05) is 5.38 Å². The van der Waals surface area contributed by atoms with Crippen molar-refractivity contribution < 1.29 is 0 Å². The molecule has 2 heteroatoms. The first-order chi connectivity index (χ1) is 5.46. The summed E-state index contributed by atoms with van der Waals surface area (Å²) >= 11 is 6.43. The van der Waals surface area contributed by atoms with Gasteiger partial charge in [0.1, 0.15) is 0 Å². The van der Waals surface area contributed by atoms with E-state index in [1.807, 2.05) is 0 Å². The molecule has 0 aliphatic heterocycles. The summed E-state index contributed by atoms with van der Waals surface area (Å²) in [7, 11) is -1.11. The van der Waals surface area contributed by atoms with Gasteiger partial charge in [-0.3, -0.25) is 0 Å². The lowest BCUT2D eigenvalue weighted by Crippen LogP contribution is -2.41. The quantitative estimate of drug-likeness (QED) is 0.345. The van der Waals surface area contributed by atoms with Crippen LogP contribution in [0.5, 0.6) is 0 Å². The van der Waals surface area contributed by atoms with Crippen molar-refractivity contribution >= 4 is 19.7 Å². The molecule has 0 N–H and O–H groups in total. The van der Waals surface area contributed by atoms with Crippen LogP contribution in [0.4, 0.5) is 0 Å². The lowest BCUT2D eigenvalue weighted by atomic mass is 10.1.